The van der Waals surface area contributed by atoms with Gasteiger partial charge < -0.3 is 9.72 Å². The van der Waals surface area contributed by atoms with Gasteiger partial charge in [-0.1, -0.05) is 0 Å². The standard InChI is InChI=1S/C8H6ClN3O3/c1-15-7(14)4-2-3-5(10-4)11-8(9)12-6(3)13/h2H,1H3,(H2,10,11,12,13). The highest BCUT2D eigenvalue weighted by atomic mass is 35.5. The first kappa shape index (κ1) is 9.72. The lowest BCUT2D eigenvalue weighted by molar-refractivity contribution is 0.0595. The number of nitrogens with zero attached hydrogens (tertiary/aromatic N) is 1. The van der Waals surface area contributed by atoms with Crippen LogP contribution in [0.1, 0.15) is 10.5 Å². The molecule has 15 heavy (non-hydrogen) atoms. The largest absolute Gasteiger partial charge is 0.464 e. The second kappa shape index (κ2) is 3.39. The summed E-state index contributed by atoms with van der Waals surface area (Å²) in [6, 6.07) is 1.36. The molecule has 0 aliphatic carbocycles. The van der Waals surface area contributed by atoms with Crippen molar-refractivity contribution in [1.29, 1.82) is 0 Å². The van der Waals surface area contributed by atoms with Crippen LogP contribution in [0.15, 0.2) is 10.9 Å². The van der Waals surface area contributed by atoms with E-state index in [2.05, 4.69) is 19.7 Å². The minimum Gasteiger partial charge on any atom is -0.464 e. The summed E-state index contributed by atoms with van der Waals surface area (Å²) in [7, 11) is 1.25. The van der Waals surface area contributed by atoms with Gasteiger partial charge in [0.05, 0.1) is 12.5 Å². The Morgan fingerprint density at radius 2 is 2.27 bits per heavy atom. The van der Waals surface area contributed by atoms with E-state index in [1.165, 1.54) is 13.2 Å². The Morgan fingerprint density at radius 3 is 2.93 bits per heavy atom. The number of ether oxygens (including phenoxy) is 1. The molecule has 0 spiro atoms. The number of carbonyl (C=O) groups is 1. The lowest BCUT2D eigenvalue weighted by Crippen LogP contribution is -2.06. The van der Waals surface area contributed by atoms with Crippen LogP contribution < -0.4 is 5.56 Å². The summed E-state index contributed by atoms with van der Waals surface area (Å²) in [5.74, 6) is -0.566. The zero-order chi connectivity index (χ0) is 11.0. The molecule has 0 aromatic carbocycles. The van der Waals surface area contributed by atoms with Crippen molar-refractivity contribution in [3.63, 3.8) is 0 Å². The first-order valence-corrected chi connectivity index (χ1v) is 4.36. The van der Waals surface area contributed by atoms with E-state index in [1.807, 2.05) is 0 Å². The molecule has 0 fully saturated rings. The van der Waals surface area contributed by atoms with Crippen LogP contribution in [-0.4, -0.2) is 28.0 Å². The molecule has 0 unspecified atom stereocenters. The second-order valence-electron chi connectivity index (χ2n) is 2.79. The van der Waals surface area contributed by atoms with Crippen LogP contribution in [0.2, 0.25) is 5.28 Å². The smallest absolute Gasteiger partial charge is 0.354 e. The Morgan fingerprint density at radius 1 is 1.53 bits per heavy atom. The summed E-state index contributed by atoms with van der Waals surface area (Å²) in [6.07, 6.45) is 0. The normalized spacial score (nSPS) is 10.5. The van der Waals surface area contributed by atoms with Gasteiger partial charge in [-0.15, -0.1) is 0 Å². The number of hydrogen-bond donors (Lipinski definition) is 2. The highest BCUT2D eigenvalue weighted by Gasteiger charge is 2.12. The van der Waals surface area contributed by atoms with Gasteiger partial charge in [-0.25, -0.2) is 9.78 Å². The van der Waals surface area contributed by atoms with Crippen LogP contribution in [0.4, 0.5) is 0 Å². The highest BCUT2D eigenvalue weighted by Crippen LogP contribution is 2.11. The molecule has 0 aliphatic heterocycles. The molecular formula is C8H6ClN3O3. The number of carbonyl (C=O) groups excluding carboxylic acids is 1. The summed E-state index contributed by atoms with van der Waals surface area (Å²) >= 11 is 5.54. The van der Waals surface area contributed by atoms with Crippen molar-refractivity contribution in [1.82, 2.24) is 15.0 Å². The predicted molar refractivity (Wildman–Crippen MR) is 53.1 cm³/mol. The minimum absolute atomic E-state index is 0.0363. The predicted octanol–water partition coefficient (Wildman–Crippen LogP) is 0.691. The molecule has 78 valence electrons. The summed E-state index contributed by atoms with van der Waals surface area (Å²) in [6.45, 7) is 0. The van der Waals surface area contributed by atoms with E-state index in [1.54, 1.807) is 0 Å². The van der Waals surface area contributed by atoms with Gasteiger partial charge >= 0.3 is 5.97 Å². The van der Waals surface area contributed by atoms with Gasteiger partial charge in [-0.3, -0.25) is 9.78 Å². The Labute approximate surface area is 88.2 Å². The van der Waals surface area contributed by atoms with Crippen molar-refractivity contribution in [2.24, 2.45) is 0 Å². The average molecular weight is 228 g/mol. The number of aromatic nitrogens is 3. The van der Waals surface area contributed by atoms with Crippen LogP contribution in [0, 0.1) is 0 Å². The summed E-state index contributed by atoms with van der Waals surface area (Å²) in [5.41, 5.74) is 0.00770. The number of rotatable bonds is 1. The molecule has 2 aromatic heterocycles. The van der Waals surface area contributed by atoms with Crippen molar-refractivity contribution >= 4 is 28.6 Å². The summed E-state index contributed by atoms with van der Waals surface area (Å²) < 4.78 is 4.49. The van der Waals surface area contributed by atoms with Crippen molar-refractivity contribution in [3.8, 4) is 0 Å². The van der Waals surface area contributed by atoms with Crippen LogP contribution in [-0.2, 0) is 4.74 Å². The fourth-order valence-corrected chi connectivity index (χ4v) is 1.38. The van der Waals surface area contributed by atoms with Crippen LogP contribution >= 0.6 is 11.6 Å². The molecule has 0 aliphatic rings. The molecule has 0 bridgehead atoms. The van der Waals surface area contributed by atoms with Crippen molar-refractivity contribution in [3.05, 3.63) is 27.4 Å². The average Bonchev–Trinajstić information content (AvgIpc) is 2.60. The van der Waals surface area contributed by atoms with Crippen LogP contribution in [0.3, 0.4) is 0 Å². The maximum Gasteiger partial charge on any atom is 0.354 e. The van der Waals surface area contributed by atoms with E-state index in [0.29, 0.717) is 0 Å². The fourth-order valence-electron chi connectivity index (χ4n) is 1.21. The number of halogens is 1. The summed E-state index contributed by atoms with van der Waals surface area (Å²) in [5, 5.41) is 0.227. The fraction of sp³-hybridized carbons (Fsp3) is 0.125. The lowest BCUT2D eigenvalue weighted by atomic mass is 10.3. The molecule has 0 amide bonds. The van der Waals surface area contributed by atoms with E-state index in [-0.39, 0.29) is 22.0 Å². The number of hydrogen-bond acceptors (Lipinski definition) is 4. The topological polar surface area (TPSA) is 87.8 Å². The number of aromatic amines is 2. The Kier molecular flexibility index (Phi) is 2.20. The second-order valence-corrected chi connectivity index (χ2v) is 3.15. The zero-order valence-corrected chi connectivity index (χ0v) is 8.38. The van der Waals surface area contributed by atoms with E-state index < -0.39 is 11.5 Å². The van der Waals surface area contributed by atoms with E-state index in [9.17, 15) is 9.59 Å². The summed E-state index contributed by atoms with van der Waals surface area (Å²) in [4.78, 5) is 31.3. The third kappa shape index (κ3) is 1.59. The number of methoxy groups -OCH3 is 1. The maximum absolute atomic E-state index is 11.4. The Hall–Kier alpha value is -1.82. The van der Waals surface area contributed by atoms with E-state index in [4.69, 9.17) is 11.6 Å². The molecular weight excluding hydrogens is 222 g/mol. The van der Waals surface area contributed by atoms with Gasteiger partial charge in [0.25, 0.3) is 5.56 Å². The monoisotopic (exact) mass is 227 g/mol. The van der Waals surface area contributed by atoms with Crippen molar-refractivity contribution < 1.29 is 9.53 Å². The Balaban J connectivity index is 2.71. The van der Waals surface area contributed by atoms with Crippen LogP contribution in [0.25, 0.3) is 11.0 Å². The number of fused-ring (bicyclic) bond motifs is 1. The van der Waals surface area contributed by atoms with E-state index >= 15 is 0 Å². The zero-order valence-electron chi connectivity index (χ0n) is 7.63. The SMILES string of the molecule is COC(=O)c1cc2c(=O)[nH]c(Cl)nc2[nH]1. The van der Waals surface area contributed by atoms with Crippen molar-refractivity contribution in [2.45, 2.75) is 0 Å². The molecule has 6 nitrogen and oxygen atoms in total. The third-order valence-electron chi connectivity index (χ3n) is 1.87. The van der Waals surface area contributed by atoms with Crippen molar-refractivity contribution in [2.75, 3.05) is 7.11 Å². The highest BCUT2D eigenvalue weighted by molar-refractivity contribution is 6.28. The molecule has 2 aromatic rings. The lowest BCUT2D eigenvalue weighted by Gasteiger charge is -1.91. The first-order chi connectivity index (χ1) is 7.11. The molecule has 0 saturated heterocycles. The minimum atomic E-state index is -0.566. The molecule has 0 atom stereocenters. The number of H-pyrrole nitrogens is 2. The molecule has 2 rings (SSSR count). The number of nitrogens with one attached hydrogen (secondary N) is 2. The van der Waals surface area contributed by atoms with E-state index in [0.717, 1.165) is 0 Å². The quantitative estimate of drug-likeness (QED) is 0.554. The van der Waals surface area contributed by atoms with Crippen LogP contribution in [0.5, 0.6) is 0 Å². The molecule has 0 radical (unpaired) electrons. The van der Waals surface area contributed by atoms with Gasteiger partial charge in [0.2, 0.25) is 5.28 Å². The Bertz CT molecular complexity index is 586. The van der Waals surface area contributed by atoms with Gasteiger partial charge in [0.15, 0.2) is 0 Å². The third-order valence-corrected chi connectivity index (χ3v) is 2.05. The van der Waals surface area contributed by atoms with Gasteiger partial charge in [0, 0.05) is 0 Å². The molecule has 2 N–H and O–H groups in total. The first-order valence-electron chi connectivity index (χ1n) is 3.98. The van der Waals surface area contributed by atoms with Gasteiger partial charge in [0.1, 0.15) is 11.3 Å². The molecule has 7 heteroatoms. The maximum atomic E-state index is 11.4. The number of esters is 1. The molecule has 2 heterocycles. The van der Waals surface area contributed by atoms with Gasteiger partial charge in [-0.2, -0.15) is 0 Å². The van der Waals surface area contributed by atoms with Gasteiger partial charge in [-0.05, 0) is 17.7 Å². The molecule has 0 saturated carbocycles.